The van der Waals surface area contributed by atoms with Gasteiger partial charge in [0.15, 0.2) is 5.76 Å². The summed E-state index contributed by atoms with van der Waals surface area (Å²) in [5.41, 5.74) is 2.94. The van der Waals surface area contributed by atoms with Gasteiger partial charge in [-0.25, -0.2) is 4.98 Å². The highest BCUT2D eigenvalue weighted by atomic mass is 16.4. The number of fused-ring (bicyclic) bond motifs is 1. The molecule has 0 radical (unpaired) electrons. The summed E-state index contributed by atoms with van der Waals surface area (Å²) in [6, 6.07) is 6.35. The molecule has 1 aromatic carbocycles. The Morgan fingerprint density at radius 1 is 1.44 bits per heavy atom. The van der Waals surface area contributed by atoms with E-state index >= 15 is 0 Å². The number of oxazole rings is 1. The summed E-state index contributed by atoms with van der Waals surface area (Å²) in [4.78, 5) is 17.4. The molecule has 0 spiro atoms. The predicted molar refractivity (Wildman–Crippen MR) is 68.6 cm³/mol. The molecule has 0 atom stereocenters. The summed E-state index contributed by atoms with van der Waals surface area (Å²) in [5, 5.41) is 2.84. The fourth-order valence-corrected chi connectivity index (χ4v) is 2.15. The van der Waals surface area contributed by atoms with Crippen molar-refractivity contribution in [1.29, 1.82) is 0 Å². The molecule has 1 amide bonds. The van der Waals surface area contributed by atoms with E-state index < -0.39 is 0 Å². The third kappa shape index (κ3) is 1.55. The van der Waals surface area contributed by atoms with Gasteiger partial charge in [-0.15, -0.1) is 0 Å². The number of likely N-dealkylation sites (N-methyl/N-ethyl adjacent to an activating group) is 1. The van der Waals surface area contributed by atoms with Crippen LogP contribution >= 0.6 is 0 Å². The second-order valence-corrected chi connectivity index (χ2v) is 4.25. The van der Waals surface area contributed by atoms with Gasteiger partial charge < -0.3 is 14.6 Å². The number of carbonyl (C=O) groups excluding carboxylic acids is 1. The van der Waals surface area contributed by atoms with E-state index in [1.165, 1.54) is 0 Å². The van der Waals surface area contributed by atoms with E-state index in [1.54, 1.807) is 25.2 Å². The lowest BCUT2D eigenvalue weighted by Gasteiger charge is -2.09. The lowest BCUT2D eigenvalue weighted by Crippen LogP contribution is -2.20. The molecule has 2 aromatic rings. The van der Waals surface area contributed by atoms with E-state index in [-0.39, 0.29) is 5.91 Å². The molecular weight excluding hydrogens is 230 g/mol. The second-order valence-electron chi connectivity index (χ2n) is 4.25. The van der Waals surface area contributed by atoms with Crippen LogP contribution in [0.25, 0.3) is 11.3 Å². The highest BCUT2D eigenvalue weighted by Crippen LogP contribution is 2.32. The second kappa shape index (κ2) is 3.87. The van der Waals surface area contributed by atoms with Gasteiger partial charge in [0.25, 0.3) is 6.01 Å². The molecule has 1 aliphatic rings. The van der Waals surface area contributed by atoms with E-state index in [4.69, 9.17) is 4.42 Å². The van der Waals surface area contributed by atoms with Crippen molar-refractivity contribution >= 4 is 17.6 Å². The number of nitrogens with one attached hydrogen (secondary N) is 1. The number of aromatic nitrogens is 1. The highest BCUT2D eigenvalue weighted by Gasteiger charge is 2.24. The molecule has 0 aliphatic carbocycles. The summed E-state index contributed by atoms with van der Waals surface area (Å²) in [5.74, 6) is 0.819. The molecule has 0 saturated carbocycles. The van der Waals surface area contributed by atoms with Crippen LogP contribution in [0.15, 0.2) is 28.8 Å². The molecular formula is C13H13N3O2. The van der Waals surface area contributed by atoms with Gasteiger partial charge >= 0.3 is 0 Å². The normalized spacial score (nSPS) is 13.9. The van der Waals surface area contributed by atoms with Crippen LogP contribution in [0.1, 0.15) is 5.56 Å². The van der Waals surface area contributed by atoms with Crippen molar-refractivity contribution in [2.75, 3.05) is 24.3 Å². The third-order valence-electron chi connectivity index (χ3n) is 3.16. The molecule has 3 rings (SSSR count). The van der Waals surface area contributed by atoms with Crippen molar-refractivity contribution in [2.24, 2.45) is 0 Å². The van der Waals surface area contributed by atoms with Gasteiger partial charge in [-0.1, -0.05) is 0 Å². The van der Waals surface area contributed by atoms with Gasteiger partial charge in [-0.3, -0.25) is 4.79 Å². The Balaban J connectivity index is 2.01. The maximum atomic E-state index is 11.6. The molecule has 0 bridgehead atoms. The van der Waals surface area contributed by atoms with Crippen LogP contribution in [0.5, 0.6) is 0 Å². The molecule has 18 heavy (non-hydrogen) atoms. The summed E-state index contributed by atoms with van der Waals surface area (Å²) in [6.45, 7) is 0. The quantitative estimate of drug-likeness (QED) is 0.875. The molecule has 0 saturated heterocycles. The summed E-state index contributed by atoms with van der Waals surface area (Å²) >= 11 is 0. The minimum Gasteiger partial charge on any atom is -0.424 e. The molecule has 2 heterocycles. The van der Waals surface area contributed by atoms with Crippen LogP contribution < -0.4 is 10.2 Å². The Morgan fingerprint density at radius 2 is 2.28 bits per heavy atom. The Kier molecular flexibility index (Phi) is 2.33. The first kappa shape index (κ1) is 10.8. The summed E-state index contributed by atoms with van der Waals surface area (Å²) < 4.78 is 5.51. The van der Waals surface area contributed by atoms with Crippen LogP contribution in [0.3, 0.4) is 0 Å². The molecule has 1 aliphatic heterocycles. The van der Waals surface area contributed by atoms with E-state index in [0.717, 1.165) is 16.8 Å². The van der Waals surface area contributed by atoms with Gasteiger partial charge in [0.1, 0.15) is 0 Å². The van der Waals surface area contributed by atoms with Crippen LogP contribution in [0.4, 0.5) is 11.7 Å². The smallest absolute Gasteiger partial charge is 0.294 e. The topological polar surface area (TPSA) is 58.4 Å². The number of carbonyl (C=O) groups is 1. The predicted octanol–water partition coefficient (Wildman–Crippen LogP) is 1.90. The first-order valence-electron chi connectivity index (χ1n) is 5.72. The molecule has 5 heteroatoms. The Labute approximate surface area is 104 Å². The number of amides is 1. The van der Waals surface area contributed by atoms with Gasteiger partial charge in [0.05, 0.1) is 12.6 Å². The number of benzene rings is 1. The number of hydrogen-bond donors (Lipinski definition) is 1. The minimum absolute atomic E-state index is 0.121. The van der Waals surface area contributed by atoms with Crippen molar-refractivity contribution in [1.82, 2.24) is 4.98 Å². The Hall–Kier alpha value is -2.30. The van der Waals surface area contributed by atoms with E-state index in [0.29, 0.717) is 18.2 Å². The lowest BCUT2D eigenvalue weighted by atomic mass is 10.1. The first-order chi connectivity index (χ1) is 8.69. The van der Waals surface area contributed by atoms with Crippen molar-refractivity contribution in [3.63, 3.8) is 0 Å². The molecule has 0 unspecified atom stereocenters. The number of hydrogen-bond acceptors (Lipinski definition) is 4. The molecule has 92 valence electrons. The van der Waals surface area contributed by atoms with Gasteiger partial charge in [0, 0.05) is 25.3 Å². The van der Waals surface area contributed by atoms with Gasteiger partial charge in [-0.05, 0) is 23.8 Å². The summed E-state index contributed by atoms with van der Waals surface area (Å²) in [7, 11) is 3.55. The molecule has 5 nitrogen and oxygen atoms in total. The fraction of sp³-hybridized carbons (Fsp3) is 0.231. The number of nitrogens with zero attached hydrogens (tertiary/aromatic N) is 2. The van der Waals surface area contributed by atoms with Crippen LogP contribution in [0, 0.1) is 0 Å². The monoisotopic (exact) mass is 243 g/mol. The van der Waals surface area contributed by atoms with Crippen molar-refractivity contribution in [3.05, 3.63) is 30.0 Å². The number of rotatable bonds is 2. The van der Waals surface area contributed by atoms with Crippen LogP contribution in [-0.2, 0) is 11.2 Å². The zero-order valence-corrected chi connectivity index (χ0v) is 10.2. The van der Waals surface area contributed by atoms with E-state index in [9.17, 15) is 4.79 Å². The average Bonchev–Trinajstić information content (AvgIpc) is 2.95. The Morgan fingerprint density at radius 3 is 3.00 bits per heavy atom. The first-order valence-corrected chi connectivity index (χ1v) is 5.72. The Bertz CT molecular complexity index is 618. The van der Waals surface area contributed by atoms with Gasteiger partial charge in [0.2, 0.25) is 5.91 Å². The highest BCUT2D eigenvalue weighted by molar-refractivity contribution is 6.01. The maximum Gasteiger partial charge on any atom is 0.294 e. The zero-order chi connectivity index (χ0) is 12.7. The van der Waals surface area contributed by atoms with Gasteiger partial charge in [-0.2, -0.15) is 0 Å². The van der Waals surface area contributed by atoms with Crippen LogP contribution in [-0.4, -0.2) is 25.0 Å². The number of anilines is 2. The van der Waals surface area contributed by atoms with Crippen molar-refractivity contribution < 1.29 is 9.21 Å². The maximum absolute atomic E-state index is 11.6. The molecule has 1 N–H and O–H groups in total. The average molecular weight is 243 g/mol. The summed E-state index contributed by atoms with van der Waals surface area (Å²) in [6.07, 6.45) is 2.13. The van der Waals surface area contributed by atoms with E-state index in [1.807, 2.05) is 18.2 Å². The standard InChI is InChI=1S/C13H13N3O2/c1-14-13-15-7-11(18-13)8-3-4-10-9(5-8)6-12(17)16(10)2/h3-5,7H,6H2,1-2H3,(H,14,15). The fourth-order valence-electron chi connectivity index (χ4n) is 2.15. The van der Waals surface area contributed by atoms with Crippen molar-refractivity contribution in [3.8, 4) is 11.3 Å². The SMILES string of the molecule is CNc1ncc(-c2ccc3c(c2)CC(=O)N3C)o1. The third-order valence-corrected chi connectivity index (χ3v) is 3.16. The van der Waals surface area contributed by atoms with Crippen LogP contribution in [0.2, 0.25) is 0 Å². The lowest BCUT2D eigenvalue weighted by molar-refractivity contribution is -0.117. The largest absolute Gasteiger partial charge is 0.424 e. The molecule has 1 aromatic heterocycles. The van der Waals surface area contributed by atoms with Crippen molar-refractivity contribution in [2.45, 2.75) is 6.42 Å². The molecule has 0 fully saturated rings. The zero-order valence-electron chi connectivity index (χ0n) is 10.2. The van der Waals surface area contributed by atoms with E-state index in [2.05, 4.69) is 10.3 Å². The minimum atomic E-state index is 0.121.